The Morgan fingerprint density at radius 3 is 2.24 bits per heavy atom. The van der Waals surface area contributed by atoms with Crippen LogP contribution >= 0.6 is 23.2 Å². The fourth-order valence-corrected chi connectivity index (χ4v) is 4.13. The number of pyridine rings is 1. The molecule has 0 saturated carbocycles. The third kappa shape index (κ3) is 4.74. The van der Waals surface area contributed by atoms with Crippen molar-refractivity contribution in [3.8, 4) is 22.8 Å². The molecule has 0 bridgehead atoms. The zero-order chi connectivity index (χ0) is 23.5. The second-order valence-corrected chi connectivity index (χ2v) is 8.43. The van der Waals surface area contributed by atoms with Crippen LogP contribution in [0.4, 0.5) is 5.69 Å². The van der Waals surface area contributed by atoms with Gasteiger partial charge < -0.3 is 10.1 Å². The van der Waals surface area contributed by atoms with Crippen LogP contribution in [0.25, 0.3) is 22.2 Å². The lowest BCUT2D eigenvalue weighted by molar-refractivity contribution is 0.102. The normalized spacial score (nSPS) is 10.8. The lowest BCUT2D eigenvalue weighted by atomic mass is 10.0. The molecule has 0 atom stereocenters. The second-order valence-electron chi connectivity index (χ2n) is 7.59. The van der Waals surface area contributed by atoms with Crippen LogP contribution in [-0.4, -0.2) is 10.9 Å². The molecule has 0 spiro atoms. The summed E-state index contributed by atoms with van der Waals surface area (Å²) in [5.41, 5.74) is 3.14. The SMILES string of the molecule is O=C(Nc1ccc(Oc2ccccc2)cc1)c1cc(-c2ccc(Cl)cc2Cl)nc2ccccc12. The van der Waals surface area contributed by atoms with Crippen molar-refractivity contribution < 1.29 is 9.53 Å². The Morgan fingerprint density at radius 1 is 0.765 bits per heavy atom. The van der Waals surface area contributed by atoms with Crippen molar-refractivity contribution in [2.24, 2.45) is 0 Å². The Hall–Kier alpha value is -3.86. The summed E-state index contributed by atoms with van der Waals surface area (Å²) in [4.78, 5) is 18.0. The first-order valence-electron chi connectivity index (χ1n) is 10.6. The van der Waals surface area contributed by atoms with Gasteiger partial charge in [0.15, 0.2) is 0 Å². The van der Waals surface area contributed by atoms with E-state index in [1.165, 1.54) is 0 Å². The van der Waals surface area contributed by atoms with Gasteiger partial charge in [-0.3, -0.25) is 4.79 Å². The van der Waals surface area contributed by atoms with E-state index < -0.39 is 0 Å². The molecule has 4 aromatic carbocycles. The van der Waals surface area contributed by atoms with Crippen molar-refractivity contribution >= 4 is 45.7 Å². The number of carbonyl (C=O) groups excluding carboxylic acids is 1. The number of amides is 1. The highest BCUT2D eigenvalue weighted by atomic mass is 35.5. The van der Waals surface area contributed by atoms with Crippen molar-refractivity contribution in [3.63, 3.8) is 0 Å². The van der Waals surface area contributed by atoms with Gasteiger partial charge in [-0.05, 0) is 66.7 Å². The number of ether oxygens (including phenoxy) is 1. The first-order valence-corrected chi connectivity index (χ1v) is 11.3. The summed E-state index contributed by atoms with van der Waals surface area (Å²) in [6.45, 7) is 0. The third-order valence-corrected chi connectivity index (χ3v) is 5.81. The zero-order valence-corrected chi connectivity index (χ0v) is 19.3. The summed E-state index contributed by atoms with van der Waals surface area (Å²) in [5.74, 6) is 1.18. The summed E-state index contributed by atoms with van der Waals surface area (Å²) in [5, 5.41) is 4.72. The first kappa shape index (κ1) is 22.0. The average molecular weight is 485 g/mol. The fraction of sp³-hybridized carbons (Fsp3) is 0. The van der Waals surface area contributed by atoms with Gasteiger partial charge in [-0.15, -0.1) is 0 Å². The maximum atomic E-state index is 13.3. The summed E-state index contributed by atoms with van der Waals surface area (Å²) in [7, 11) is 0. The highest BCUT2D eigenvalue weighted by molar-refractivity contribution is 6.36. The molecular formula is C28H18Cl2N2O2. The molecule has 0 radical (unpaired) electrons. The number of halogens is 2. The van der Waals surface area contributed by atoms with E-state index in [0.717, 1.165) is 11.1 Å². The molecule has 5 rings (SSSR count). The molecule has 5 aromatic rings. The number of hydrogen-bond acceptors (Lipinski definition) is 3. The van der Waals surface area contributed by atoms with Crippen LogP contribution in [0.15, 0.2) is 103 Å². The molecular weight excluding hydrogens is 467 g/mol. The van der Waals surface area contributed by atoms with Crippen LogP contribution in [0.2, 0.25) is 10.0 Å². The Kier molecular flexibility index (Phi) is 6.17. The maximum Gasteiger partial charge on any atom is 0.256 e. The molecule has 0 saturated heterocycles. The smallest absolute Gasteiger partial charge is 0.256 e. The maximum absolute atomic E-state index is 13.3. The van der Waals surface area contributed by atoms with E-state index in [1.54, 1.807) is 36.4 Å². The molecule has 34 heavy (non-hydrogen) atoms. The Labute approximate surface area is 206 Å². The number of benzene rings is 4. The van der Waals surface area contributed by atoms with E-state index >= 15 is 0 Å². The van der Waals surface area contributed by atoms with Gasteiger partial charge in [-0.1, -0.05) is 59.6 Å². The molecule has 4 nitrogen and oxygen atoms in total. The van der Waals surface area contributed by atoms with E-state index in [4.69, 9.17) is 32.9 Å². The topological polar surface area (TPSA) is 51.2 Å². The van der Waals surface area contributed by atoms with Gasteiger partial charge in [-0.2, -0.15) is 0 Å². The minimum atomic E-state index is -0.248. The quantitative estimate of drug-likeness (QED) is 0.273. The molecule has 0 aliphatic rings. The molecule has 1 amide bonds. The van der Waals surface area contributed by atoms with E-state index in [2.05, 4.69) is 5.32 Å². The first-order chi connectivity index (χ1) is 16.6. The molecule has 6 heteroatoms. The van der Waals surface area contributed by atoms with Gasteiger partial charge in [0.2, 0.25) is 0 Å². The monoisotopic (exact) mass is 484 g/mol. The number of hydrogen-bond donors (Lipinski definition) is 1. The fourth-order valence-electron chi connectivity index (χ4n) is 3.63. The predicted octanol–water partition coefficient (Wildman–Crippen LogP) is 8.25. The zero-order valence-electron chi connectivity index (χ0n) is 17.8. The second kappa shape index (κ2) is 9.56. The van der Waals surface area contributed by atoms with Crippen molar-refractivity contribution in [1.29, 1.82) is 0 Å². The molecule has 0 unspecified atom stereocenters. The van der Waals surface area contributed by atoms with Gasteiger partial charge in [0.25, 0.3) is 5.91 Å². The number of anilines is 1. The molecule has 0 aliphatic heterocycles. The van der Waals surface area contributed by atoms with Crippen molar-refractivity contribution in [2.45, 2.75) is 0 Å². The van der Waals surface area contributed by atoms with Crippen LogP contribution in [0.5, 0.6) is 11.5 Å². The van der Waals surface area contributed by atoms with Crippen LogP contribution in [-0.2, 0) is 0 Å². The van der Waals surface area contributed by atoms with E-state index in [9.17, 15) is 4.79 Å². The Bertz CT molecular complexity index is 1490. The van der Waals surface area contributed by atoms with Crippen LogP contribution in [0.1, 0.15) is 10.4 Å². The van der Waals surface area contributed by atoms with Gasteiger partial charge in [0, 0.05) is 21.7 Å². The Morgan fingerprint density at radius 2 is 1.47 bits per heavy atom. The minimum absolute atomic E-state index is 0.248. The van der Waals surface area contributed by atoms with Crippen molar-refractivity contribution in [2.75, 3.05) is 5.32 Å². The number of para-hydroxylation sites is 2. The number of nitrogens with zero attached hydrogens (tertiary/aromatic N) is 1. The van der Waals surface area contributed by atoms with E-state index in [-0.39, 0.29) is 5.91 Å². The third-order valence-electron chi connectivity index (χ3n) is 5.26. The van der Waals surface area contributed by atoms with Crippen LogP contribution in [0.3, 0.4) is 0 Å². The van der Waals surface area contributed by atoms with Gasteiger partial charge in [-0.25, -0.2) is 4.98 Å². The highest BCUT2D eigenvalue weighted by Gasteiger charge is 2.16. The molecule has 1 heterocycles. The number of carbonyl (C=O) groups is 1. The summed E-state index contributed by atoms with van der Waals surface area (Å²) < 4.78 is 5.82. The van der Waals surface area contributed by atoms with E-state index in [1.807, 2.05) is 66.7 Å². The molecule has 166 valence electrons. The summed E-state index contributed by atoms with van der Waals surface area (Å²) >= 11 is 12.5. The predicted molar refractivity (Wildman–Crippen MR) is 138 cm³/mol. The summed E-state index contributed by atoms with van der Waals surface area (Å²) in [6, 6.07) is 31.2. The number of aromatic nitrogens is 1. The lowest BCUT2D eigenvalue weighted by Gasteiger charge is -2.12. The molecule has 1 aromatic heterocycles. The largest absolute Gasteiger partial charge is 0.457 e. The molecule has 1 N–H and O–H groups in total. The minimum Gasteiger partial charge on any atom is -0.457 e. The standard InChI is InChI=1S/C28H18Cl2N2O2/c29-18-10-15-23(25(30)16-18)27-17-24(22-8-4-5-9-26(22)32-27)28(33)31-19-11-13-21(14-12-19)34-20-6-2-1-3-7-20/h1-17H,(H,31,33). The summed E-state index contributed by atoms with van der Waals surface area (Å²) in [6.07, 6.45) is 0. The van der Waals surface area contributed by atoms with E-state index in [0.29, 0.717) is 43.8 Å². The number of rotatable bonds is 5. The molecule has 0 aliphatic carbocycles. The number of fused-ring (bicyclic) bond motifs is 1. The lowest BCUT2D eigenvalue weighted by Crippen LogP contribution is -2.13. The van der Waals surface area contributed by atoms with Gasteiger partial charge in [0.05, 0.1) is 21.8 Å². The van der Waals surface area contributed by atoms with Crippen molar-refractivity contribution in [1.82, 2.24) is 4.98 Å². The number of nitrogens with one attached hydrogen (secondary N) is 1. The van der Waals surface area contributed by atoms with Crippen molar-refractivity contribution in [3.05, 3.63) is 119 Å². The Balaban J connectivity index is 1.44. The highest BCUT2D eigenvalue weighted by Crippen LogP contribution is 2.32. The average Bonchev–Trinajstić information content (AvgIpc) is 2.85. The van der Waals surface area contributed by atoms with Gasteiger partial charge >= 0.3 is 0 Å². The van der Waals surface area contributed by atoms with Gasteiger partial charge in [0.1, 0.15) is 11.5 Å². The van der Waals surface area contributed by atoms with Crippen LogP contribution < -0.4 is 10.1 Å². The molecule has 0 fully saturated rings. The van der Waals surface area contributed by atoms with Crippen LogP contribution in [0, 0.1) is 0 Å².